The Labute approximate surface area is 125 Å². The van der Waals surface area contributed by atoms with E-state index in [1.54, 1.807) is 0 Å². The number of hydrogen-bond donors (Lipinski definition) is 2. The average Bonchev–Trinajstić information content (AvgIpc) is 2.31. The van der Waals surface area contributed by atoms with Gasteiger partial charge >= 0.3 is 0 Å². The topological polar surface area (TPSA) is 103 Å². The molecular formula is C11H12ClN4O3S-. The van der Waals surface area contributed by atoms with Gasteiger partial charge < -0.3 is 10.4 Å². The van der Waals surface area contributed by atoms with Crippen LogP contribution in [-0.4, -0.2) is 22.3 Å². The van der Waals surface area contributed by atoms with E-state index in [9.17, 15) is 15.2 Å². The molecule has 1 aromatic carbocycles. The Morgan fingerprint density at radius 3 is 2.75 bits per heavy atom. The lowest BCUT2D eigenvalue weighted by Gasteiger charge is -2.12. The van der Waals surface area contributed by atoms with E-state index in [1.807, 2.05) is 13.8 Å². The van der Waals surface area contributed by atoms with Crippen molar-refractivity contribution in [2.45, 2.75) is 19.9 Å². The quantitative estimate of drug-likeness (QED) is 0.378. The molecule has 0 aliphatic rings. The largest absolute Gasteiger partial charge is 0.867 e. The van der Waals surface area contributed by atoms with Gasteiger partial charge in [-0.05, 0) is 43.4 Å². The molecule has 0 aliphatic carbocycles. The maximum Gasteiger partial charge on any atom is 0.263 e. The van der Waals surface area contributed by atoms with Gasteiger partial charge in [0.25, 0.3) is 5.69 Å². The summed E-state index contributed by atoms with van der Waals surface area (Å²) in [6, 6.07) is 2.42. The molecule has 0 radical (unpaired) electrons. The van der Waals surface area contributed by atoms with Crippen molar-refractivity contribution in [3.05, 3.63) is 32.8 Å². The van der Waals surface area contributed by atoms with Gasteiger partial charge in [-0.3, -0.25) is 15.5 Å². The van der Waals surface area contributed by atoms with Gasteiger partial charge in [-0.25, -0.2) is 0 Å². The lowest BCUT2D eigenvalue weighted by atomic mass is 10.2. The normalized spacial score (nSPS) is 10.8. The van der Waals surface area contributed by atoms with Crippen LogP contribution in [-0.2, 0) is 0 Å². The monoisotopic (exact) mass is 315 g/mol. The standard InChI is InChI=1S/C11H13ClN4O3S/c1-6(2)14-11(20)15-13-5-7-3-8(12)4-9(10(7)17)16(18)19/h3-6,17H,1-2H3,(H2,14,15,20)/p-1/b13-5-. The maximum absolute atomic E-state index is 11.7. The summed E-state index contributed by atoms with van der Waals surface area (Å²) in [4.78, 5) is 9.90. The zero-order chi connectivity index (χ0) is 15.3. The van der Waals surface area contributed by atoms with E-state index in [1.165, 1.54) is 6.07 Å². The number of halogens is 1. The minimum atomic E-state index is -0.788. The molecule has 0 spiro atoms. The molecule has 108 valence electrons. The number of nitrogens with zero attached hydrogens (tertiary/aromatic N) is 2. The second-order valence-corrected chi connectivity index (χ2v) is 4.94. The van der Waals surface area contributed by atoms with E-state index >= 15 is 0 Å². The van der Waals surface area contributed by atoms with Gasteiger partial charge in [0, 0.05) is 17.1 Å². The third-order valence-electron chi connectivity index (χ3n) is 2.05. The molecule has 0 saturated heterocycles. The number of nitro benzene ring substituents is 1. The highest BCUT2D eigenvalue weighted by Crippen LogP contribution is 2.29. The fourth-order valence-electron chi connectivity index (χ4n) is 1.29. The zero-order valence-electron chi connectivity index (χ0n) is 10.7. The first-order chi connectivity index (χ1) is 9.31. The Hall–Kier alpha value is -1.93. The van der Waals surface area contributed by atoms with Crippen molar-refractivity contribution in [1.29, 1.82) is 0 Å². The molecule has 0 aliphatic heterocycles. The fraction of sp³-hybridized carbons (Fsp3) is 0.273. The summed E-state index contributed by atoms with van der Waals surface area (Å²) >= 11 is 10.6. The molecule has 0 heterocycles. The van der Waals surface area contributed by atoms with Gasteiger partial charge in [-0.15, -0.1) is 0 Å². The number of hydrogen-bond acceptors (Lipinski definition) is 5. The Bertz CT molecular complexity index is 563. The molecule has 0 aromatic heterocycles. The number of hydrazone groups is 1. The molecule has 2 N–H and O–H groups in total. The summed E-state index contributed by atoms with van der Waals surface area (Å²) < 4.78 is 0. The lowest BCUT2D eigenvalue weighted by molar-refractivity contribution is -0.398. The first kappa shape index (κ1) is 16.1. The van der Waals surface area contributed by atoms with Crippen LogP contribution in [0.2, 0.25) is 5.02 Å². The van der Waals surface area contributed by atoms with Crippen LogP contribution in [0.25, 0.3) is 0 Å². The number of thiocarbonyl (C=S) groups is 1. The molecule has 0 bridgehead atoms. The van der Waals surface area contributed by atoms with Crippen LogP contribution in [0, 0.1) is 10.1 Å². The number of rotatable bonds is 4. The van der Waals surface area contributed by atoms with E-state index in [0.29, 0.717) is 0 Å². The van der Waals surface area contributed by atoms with E-state index in [0.717, 1.165) is 12.3 Å². The van der Waals surface area contributed by atoms with Gasteiger partial charge in [0.1, 0.15) is 0 Å². The summed E-state index contributed by atoms with van der Waals surface area (Å²) in [6.45, 7) is 3.79. The molecule has 1 rings (SSSR count). The third-order valence-corrected chi connectivity index (χ3v) is 2.48. The second kappa shape index (κ2) is 7.01. The van der Waals surface area contributed by atoms with Crippen LogP contribution in [0.5, 0.6) is 5.75 Å². The number of benzene rings is 1. The maximum atomic E-state index is 11.7. The van der Waals surface area contributed by atoms with Gasteiger partial charge in [-0.2, -0.15) is 5.10 Å². The van der Waals surface area contributed by atoms with E-state index in [-0.39, 0.29) is 21.7 Å². The van der Waals surface area contributed by atoms with Gasteiger partial charge in [0.2, 0.25) is 0 Å². The smallest absolute Gasteiger partial charge is 0.263 e. The SMILES string of the molecule is CC(C)NC(=S)N/N=C\c1cc(Cl)cc([N+](=O)[O-])c1[O-]. The Kier molecular flexibility index (Phi) is 5.66. The van der Waals surface area contributed by atoms with Crippen molar-refractivity contribution in [1.82, 2.24) is 10.7 Å². The first-order valence-corrected chi connectivity index (χ1v) is 6.34. The van der Waals surface area contributed by atoms with Crippen LogP contribution in [0.1, 0.15) is 19.4 Å². The molecule has 0 amide bonds. The van der Waals surface area contributed by atoms with Gasteiger partial charge in [0.15, 0.2) is 5.11 Å². The van der Waals surface area contributed by atoms with Gasteiger partial charge in [0.05, 0.1) is 11.1 Å². The Balaban J connectivity index is 2.87. The highest BCUT2D eigenvalue weighted by atomic mass is 35.5. The molecule has 7 nitrogen and oxygen atoms in total. The van der Waals surface area contributed by atoms with E-state index in [4.69, 9.17) is 23.8 Å². The summed E-state index contributed by atoms with van der Waals surface area (Å²) in [5, 5.41) is 29.4. The summed E-state index contributed by atoms with van der Waals surface area (Å²) in [5.41, 5.74) is 1.90. The molecule has 1 aromatic rings. The summed E-state index contributed by atoms with van der Waals surface area (Å²) in [6.07, 6.45) is 1.13. The molecule has 0 unspecified atom stereocenters. The Morgan fingerprint density at radius 2 is 2.20 bits per heavy atom. The molecule has 9 heteroatoms. The van der Waals surface area contributed by atoms with Crippen molar-refractivity contribution in [3.8, 4) is 5.75 Å². The van der Waals surface area contributed by atoms with Crippen LogP contribution in [0.3, 0.4) is 0 Å². The highest BCUT2D eigenvalue weighted by molar-refractivity contribution is 7.80. The average molecular weight is 316 g/mol. The predicted molar refractivity (Wildman–Crippen MR) is 79.2 cm³/mol. The van der Waals surface area contributed by atoms with Crippen molar-refractivity contribution < 1.29 is 10.0 Å². The second-order valence-electron chi connectivity index (χ2n) is 4.10. The molecule has 0 saturated carbocycles. The fourth-order valence-corrected chi connectivity index (χ4v) is 1.80. The van der Waals surface area contributed by atoms with Crippen molar-refractivity contribution >= 4 is 40.8 Å². The van der Waals surface area contributed by atoms with Crippen molar-refractivity contribution in [3.63, 3.8) is 0 Å². The lowest BCUT2D eigenvalue weighted by Crippen LogP contribution is -2.36. The zero-order valence-corrected chi connectivity index (χ0v) is 12.3. The Morgan fingerprint density at radius 1 is 1.55 bits per heavy atom. The number of nitro groups is 1. The van der Waals surface area contributed by atoms with Crippen LogP contribution >= 0.6 is 23.8 Å². The minimum absolute atomic E-state index is 0.00375. The van der Waals surface area contributed by atoms with Crippen molar-refractivity contribution in [2.24, 2.45) is 5.10 Å². The van der Waals surface area contributed by atoms with Gasteiger partial charge in [-0.1, -0.05) is 11.6 Å². The van der Waals surface area contributed by atoms with Crippen LogP contribution < -0.4 is 15.8 Å². The molecule has 0 atom stereocenters. The predicted octanol–water partition coefficient (Wildman–Crippen LogP) is 1.53. The summed E-state index contributed by atoms with van der Waals surface area (Å²) in [5.74, 6) is -0.757. The third kappa shape index (κ3) is 4.63. The summed E-state index contributed by atoms with van der Waals surface area (Å²) in [7, 11) is 0. The molecule has 0 fully saturated rings. The van der Waals surface area contributed by atoms with E-state index < -0.39 is 16.4 Å². The van der Waals surface area contributed by atoms with E-state index in [2.05, 4.69) is 15.8 Å². The highest BCUT2D eigenvalue weighted by Gasteiger charge is 2.11. The first-order valence-electron chi connectivity index (χ1n) is 5.55. The molecular weight excluding hydrogens is 304 g/mol. The minimum Gasteiger partial charge on any atom is -0.867 e. The molecule has 20 heavy (non-hydrogen) atoms. The number of nitrogens with one attached hydrogen (secondary N) is 2. The van der Waals surface area contributed by atoms with Crippen LogP contribution in [0.4, 0.5) is 5.69 Å². The van der Waals surface area contributed by atoms with Crippen molar-refractivity contribution in [2.75, 3.05) is 0 Å². The van der Waals surface area contributed by atoms with Crippen LogP contribution in [0.15, 0.2) is 17.2 Å².